The summed E-state index contributed by atoms with van der Waals surface area (Å²) in [6.07, 6.45) is 0. The van der Waals surface area contributed by atoms with Crippen LogP contribution in [0.3, 0.4) is 0 Å². The van der Waals surface area contributed by atoms with Crippen LogP contribution in [0.15, 0.2) is 40.8 Å². The minimum absolute atomic E-state index is 0.169. The van der Waals surface area contributed by atoms with Gasteiger partial charge in [-0.2, -0.15) is 0 Å². The van der Waals surface area contributed by atoms with Crippen molar-refractivity contribution >= 4 is 22.8 Å². The number of hydrogen-bond acceptors (Lipinski definition) is 8. The predicted molar refractivity (Wildman–Crippen MR) is 93.9 cm³/mol. The summed E-state index contributed by atoms with van der Waals surface area (Å²) in [6, 6.07) is 9.44. The number of oxazole rings is 1. The molecule has 3 aromatic rings. The maximum atomic E-state index is 12.4. The number of ether oxygens (including phenoxy) is 3. The largest absolute Gasteiger partial charge is 0.493 e. The third-order valence-electron chi connectivity index (χ3n) is 3.66. The topological polar surface area (TPSA) is 114 Å². The average molecular weight is 372 g/mol. The molecule has 0 fully saturated rings. The zero-order valence-electron chi connectivity index (χ0n) is 14.6. The lowest BCUT2D eigenvalue weighted by Gasteiger charge is -2.11. The van der Waals surface area contributed by atoms with Crippen molar-refractivity contribution in [1.82, 2.24) is 4.98 Å². The Hall–Kier alpha value is -3.62. The van der Waals surface area contributed by atoms with E-state index in [2.05, 4.69) is 4.98 Å². The molecule has 0 aliphatic rings. The van der Waals surface area contributed by atoms with Gasteiger partial charge in [0.05, 0.1) is 24.7 Å². The number of fused-ring (bicyclic) bond motifs is 1. The first-order valence-corrected chi connectivity index (χ1v) is 8.04. The number of carbonyl (C=O) groups is 1. The number of carbonyl (C=O) groups excluding carboxylic acids is 1. The summed E-state index contributed by atoms with van der Waals surface area (Å²) in [5.41, 5.74) is 0.479. The zero-order valence-corrected chi connectivity index (χ0v) is 14.6. The van der Waals surface area contributed by atoms with Gasteiger partial charge in [-0.15, -0.1) is 0 Å². The van der Waals surface area contributed by atoms with E-state index in [4.69, 9.17) is 18.6 Å². The number of nitro groups is 1. The molecule has 0 saturated carbocycles. The van der Waals surface area contributed by atoms with Gasteiger partial charge in [-0.05, 0) is 19.1 Å². The zero-order chi connectivity index (χ0) is 19.4. The van der Waals surface area contributed by atoms with Crippen LogP contribution in [0.5, 0.6) is 11.5 Å². The average Bonchev–Trinajstić information content (AvgIpc) is 3.09. The van der Waals surface area contributed by atoms with E-state index in [1.807, 2.05) is 0 Å². The first kappa shape index (κ1) is 18.2. The Kier molecular flexibility index (Phi) is 5.20. The SMILES string of the molecule is CCOc1cc([N+](=O)[O-])c(C(=O)OCc2nc3ccccc3o2)cc1OC. The minimum atomic E-state index is -0.898. The maximum Gasteiger partial charge on any atom is 0.345 e. The summed E-state index contributed by atoms with van der Waals surface area (Å²) < 4.78 is 21.0. The molecular weight excluding hydrogens is 356 g/mol. The van der Waals surface area contributed by atoms with Crippen molar-refractivity contribution in [1.29, 1.82) is 0 Å². The van der Waals surface area contributed by atoms with E-state index in [-0.39, 0.29) is 36.2 Å². The van der Waals surface area contributed by atoms with Crippen LogP contribution >= 0.6 is 0 Å². The smallest absolute Gasteiger partial charge is 0.345 e. The lowest BCUT2D eigenvalue weighted by atomic mass is 10.1. The molecule has 3 rings (SSSR count). The lowest BCUT2D eigenvalue weighted by Crippen LogP contribution is -2.10. The van der Waals surface area contributed by atoms with Gasteiger partial charge in [-0.1, -0.05) is 12.1 Å². The number of nitrogens with zero attached hydrogens (tertiary/aromatic N) is 2. The number of nitro benzene ring substituents is 1. The summed E-state index contributed by atoms with van der Waals surface area (Å²) in [5.74, 6) is -0.353. The van der Waals surface area contributed by atoms with Crippen molar-refractivity contribution in [3.05, 3.63) is 58.0 Å². The number of aromatic nitrogens is 1. The fourth-order valence-corrected chi connectivity index (χ4v) is 2.48. The number of para-hydroxylation sites is 2. The van der Waals surface area contributed by atoms with E-state index in [0.29, 0.717) is 11.1 Å². The molecular formula is C18H16N2O7. The van der Waals surface area contributed by atoms with Gasteiger partial charge in [0.25, 0.3) is 5.69 Å². The van der Waals surface area contributed by atoms with Gasteiger partial charge in [-0.3, -0.25) is 10.1 Å². The molecule has 140 valence electrons. The summed E-state index contributed by atoms with van der Waals surface area (Å²) in [6.45, 7) is 1.75. The Balaban J connectivity index is 1.85. The number of hydrogen-bond donors (Lipinski definition) is 0. The van der Waals surface area contributed by atoms with Crippen LogP contribution in [0.4, 0.5) is 5.69 Å². The fourth-order valence-electron chi connectivity index (χ4n) is 2.48. The van der Waals surface area contributed by atoms with Crippen molar-refractivity contribution in [2.45, 2.75) is 13.5 Å². The van der Waals surface area contributed by atoms with Crippen molar-refractivity contribution < 1.29 is 28.3 Å². The molecule has 0 aliphatic heterocycles. The lowest BCUT2D eigenvalue weighted by molar-refractivity contribution is -0.385. The van der Waals surface area contributed by atoms with Gasteiger partial charge >= 0.3 is 5.97 Å². The van der Waals surface area contributed by atoms with E-state index in [1.54, 1.807) is 31.2 Å². The maximum absolute atomic E-state index is 12.4. The highest BCUT2D eigenvalue weighted by molar-refractivity contribution is 5.95. The third kappa shape index (κ3) is 3.81. The summed E-state index contributed by atoms with van der Waals surface area (Å²) in [4.78, 5) is 27.3. The van der Waals surface area contributed by atoms with Crippen LogP contribution in [0.1, 0.15) is 23.2 Å². The van der Waals surface area contributed by atoms with Crippen LogP contribution in [0.2, 0.25) is 0 Å². The minimum Gasteiger partial charge on any atom is -0.493 e. The van der Waals surface area contributed by atoms with E-state index in [9.17, 15) is 14.9 Å². The van der Waals surface area contributed by atoms with E-state index < -0.39 is 16.6 Å². The normalized spacial score (nSPS) is 10.6. The fraction of sp³-hybridized carbons (Fsp3) is 0.222. The van der Waals surface area contributed by atoms with E-state index in [0.717, 1.165) is 6.07 Å². The number of methoxy groups -OCH3 is 1. The van der Waals surface area contributed by atoms with Crippen LogP contribution in [0.25, 0.3) is 11.1 Å². The van der Waals surface area contributed by atoms with Crippen molar-refractivity contribution in [3.8, 4) is 11.5 Å². The molecule has 0 unspecified atom stereocenters. The second kappa shape index (κ2) is 7.73. The molecule has 27 heavy (non-hydrogen) atoms. The summed E-state index contributed by atoms with van der Waals surface area (Å²) in [7, 11) is 1.37. The number of benzene rings is 2. The second-order valence-corrected chi connectivity index (χ2v) is 5.36. The highest BCUT2D eigenvalue weighted by Crippen LogP contribution is 2.35. The Labute approximate surface area is 153 Å². The van der Waals surface area contributed by atoms with Gasteiger partial charge in [0, 0.05) is 6.07 Å². The Morgan fingerprint density at radius 3 is 2.70 bits per heavy atom. The molecule has 9 nitrogen and oxygen atoms in total. The van der Waals surface area contributed by atoms with Crippen LogP contribution < -0.4 is 9.47 Å². The molecule has 0 amide bonds. The second-order valence-electron chi connectivity index (χ2n) is 5.36. The van der Waals surface area contributed by atoms with Crippen LogP contribution in [-0.2, 0) is 11.3 Å². The van der Waals surface area contributed by atoms with Gasteiger partial charge in [-0.25, -0.2) is 9.78 Å². The van der Waals surface area contributed by atoms with Crippen molar-refractivity contribution in [3.63, 3.8) is 0 Å². The molecule has 1 heterocycles. The highest BCUT2D eigenvalue weighted by Gasteiger charge is 2.26. The Bertz CT molecular complexity index is 964. The van der Waals surface area contributed by atoms with Gasteiger partial charge in [0.15, 0.2) is 23.7 Å². The highest BCUT2D eigenvalue weighted by atomic mass is 16.6. The molecule has 0 saturated heterocycles. The number of esters is 1. The Morgan fingerprint density at radius 2 is 2.04 bits per heavy atom. The van der Waals surface area contributed by atoms with Gasteiger partial charge in [0.2, 0.25) is 5.89 Å². The van der Waals surface area contributed by atoms with Crippen LogP contribution in [-0.4, -0.2) is 29.6 Å². The molecule has 9 heteroatoms. The molecule has 0 aliphatic carbocycles. The van der Waals surface area contributed by atoms with Crippen molar-refractivity contribution in [2.24, 2.45) is 0 Å². The number of rotatable bonds is 7. The first-order chi connectivity index (χ1) is 13.0. The molecule has 1 aromatic heterocycles. The molecule has 2 aromatic carbocycles. The molecule has 0 spiro atoms. The third-order valence-corrected chi connectivity index (χ3v) is 3.66. The quantitative estimate of drug-likeness (QED) is 0.352. The first-order valence-electron chi connectivity index (χ1n) is 8.04. The van der Waals surface area contributed by atoms with Gasteiger partial charge in [0.1, 0.15) is 11.1 Å². The monoisotopic (exact) mass is 372 g/mol. The molecule has 0 bridgehead atoms. The molecule has 0 N–H and O–H groups in total. The van der Waals surface area contributed by atoms with Crippen molar-refractivity contribution in [2.75, 3.05) is 13.7 Å². The van der Waals surface area contributed by atoms with E-state index >= 15 is 0 Å². The summed E-state index contributed by atoms with van der Waals surface area (Å²) in [5, 5.41) is 11.3. The van der Waals surface area contributed by atoms with Gasteiger partial charge < -0.3 is 18.6 Å². The predicted octanol–water partition coefficient (Wildman–Crippen LogP) is 3.50. The molecule has 0 radical (unpaired) electrons. The van der Waals surface area contributed by atoms with E-state index in [1.165, 1.54) is 13.2 Å². The Morgan fingerprint density at radius 1 is 1.26 bits per heavy atom. The standard InChI is InChI=1S/C18H16N2O7/c1-3-25-16-9-13(20(22)23)11(8-15(16)24-2)18(21)26-10-17-19-12-6-4-5-7-14(12)27-17/h4-9H,3,10H2,1-2H3. The molecule has 0 atom stereocenters. The summed E-state index contributed by atoms with van der Waals surface area (Å²) >= 11 is 0. The van der Waals surface area contributed by atoms with Crippen LogP contribution in [0, 0.1) is 10.1 Å².